The van der Waals surface area contributed by atoms with E-state index >= 15 is 0 Å². The highest BCUT2D eigenvalue weighted by Crippen LogP contribution is 2.21. The van der Waals surface area contributed by atoms with E-state index < -0.39 is 0 Å². The number of nitrogens with one attached hydrogen (secondary N) is 2. The second-order valence-corrected chi connectivity index (χ2v) is 8.14. The van der Waals surface area contributed by atoms with Gasteiger partial charge in [0.15, 0.2) is 11.7 Å². The Morgan fingerprint density at radius 3 is 2.55 bits per heavy atom. The van der Waals surface area contributed by atoms with Crippen LogP contribution < -0.4 is 10.6 Å². The molecule has 0 bridgehead atoms. The number of nitrogens with zero attached hydrogens (tertiary/aromatic N) is 4. The minimum atomic E-state index is 0.0808. The summed E-state index contributed by atoms with van der Waals surface area (Å²) in [5.74, 6) is 2.28. The number of benzene rings is 1. The molecule has 1 aliphatic rings. The van der Waals surface area contributed by atoms with Gasteiger partial charge in [-0.2, -0.15) is 0 Å². The van der Waals surface area contributed by atoms with Crippen LogP contribution in [0.2, 0.25) is 0 Å². The molecule has 2 N–H and O–H groups in total. The van der Waals surface area contributed by atoms with Crippen molar-refractivity contribution >= 4 is 11.9 Å². The van der Waals surface area contributed by atoms with Crippen LogP contribution in [0.1, 0.15) is 32.2 Å². The maximum absolute atomic E-state index is 12.0. The Balaban J connectivity index is 1.56. The Hall–Kier alpha value is -2.87. The van der Waals surface area contributed by atoms with Gasteiger partial charge in [-0.1, -0.05) is 29.8 Å². The van der Waals surface area contributed by atoms with Crippen LogP contribution in [0.5, 0.6) is 0 Å². The molecule has 1 aliphatic heterocycles. The third-order valence-electron chi connectivity index (χ3n) is 5.08. The summed E-state index contributed by atoms with van der Waals surface area (Å²) in [7, 11) is 0. The fourth-order valence-corrected chi connectivity index (χ4v) is 3.49. The number of hydrogen-bond donors (Lipinski definition) is 2. The van der Waals surface area contributed by atoms with Crippen LogP contribution in [0.4, 0.5) is 0 Å². The summed E-state index contributed by atoms with van der Waals surface area (Å²) >= 11 is 0. The van der Waals surface area contributed by atoms with Crippen molar-refractivity contribution in [3.8, 4) is 11.3 Å². The summed E-state index contributed by atoms with van der Waals surface area (Å²) in [4.78, 5) is 25.5. The third-order valence-corrected chi connectivity index (χ3v) is 5.08. The van der Waals surface area contributed by atoms with Crippen LogP contribution in [0, 0.1) is 6.92 Å². The first kappa shape index (κ1) is 22.8. The minimum Gasteiger partial charge on any atom is -0.439 e. The number of aryl methyl sites for hydroxylation is 1. The van der Waals surface area contributed by atoms with Crippen LogP contribution in [0.15, 0.2) is 39.9 Å². The Morgan fingerprint density at radius 2 is 1.90 bits per heavy atom. The molecule has 1 saturated heterocycles. The normalized spacial score (nSPS) is 15.4. The predicted molar refractivity (Wildman–Crippen MR) is 123 cm³/mol. The van der Waals surface area contributed by atoms with E-state index in [1.54, 1.807) is 6.20 Å². The Labute approximate surface area is 184 Å². The first-order chi connectivity index (χ1) is 14.9. The maximum atomic E-state index is 12.0. The van der Waals surface area contributed by atoms with Gasteiger partial charge in [0.05, 0.1) is 12.7 Å². The van der Waals surface area contributed by atoms with E-state index in [1.807, 2.05) is 26.0 Å². The first-order valence-electron chi connectivity index (χ1n) is 11.0. The first-order valence-corrected chi connectivity index (χ1v) is 11.0. The molecule has 1 fully saturated rings. The lowest BCUT2D eigenvalue weighted by atomic mass is 10.1. The van der Waals surface area contributed by atoms with Crippen molar-refractivity contribution in [3.05, 3.63) is 41.9 Å². The summed E-state index contributed by atoms with van der Waals surface area (Å²) in [6.07, 6.45) is 1.75. The number of aromatic nitrogens is 1. The Bertz CT molecular complexity index is 866. The van der Waals surface area contributed by atoms with Crippen LogP contribution >= 0.6 is 0 Å². The van der Waals surface area contributed by atoms with Gasteiger partial charge in [-0.15, -0.1) is 0 Å². The molecule has 0 atom stereocenters. The predicted octanol–water partition coefficient (Wildman–Crippen LogP) is 2.26. The monoisotopic (exact) mass is 426 g/mol. The van der Waals surface area contributed by atoms with Crippen molar-refractivity contribution in [1.29, 1.82) is 0 Å². The number of carbonyl (C=O) groups excluding carboxylic acids is 1. The van der Waals surface area contributed by atoms with E-state index in [9.17, 15) is 4.79 Å². The smallest absolute Gasteiger partial charge is 0.234 e. The van der Waals surface area contributed by atoms with E-state index in [0.29, 0.717) is 19.0 Å². The highest BCUT2D eigenvalue weighted by Gasteiger charge is 2.21. The minimum absolute atomic E-state index is 0.0808. The van der Waals surface area contributed by atoms with Crippen molar-refractivity contribution in [3.63, 3.8) is 0 Å². The van der Waals surface area contributed by atoms with Crippen molar-refractivity contribution in [2.45, 2.75) is 40.3 Å². The number of carbonyl (C=O) groups is 1. The molecule has 1 aromatic carbocycles. The molecule has 3 rings (SSSR count). The van der Waals surface area contributed by atoms with Gasteiger partial charge in [-0.05, 0) is 27.7 Å². The number of piperazine rings is 1. The highest BCUT2D eigenvalue weighted by molar-refractivity contribution is 5.80. The molecule has 2 aromatic rings. The lowest BCUT2D eigenvalue weighted by Gasteiger charge is -2.36. The molecule has 8 heteroatoms. The van der Waals surface area contributed by atoms with Gasteiger partial charge in [0.25, 0.3) is 0 Å². The van der Waals surface area contributed by atoms with Crippen LogP contribution in [0.25, 0.3) is 11.3 Å². The lowest BCUT2D eigenvalue weighted by molar-refractivity contribution is -0.123. The zero-order valence-corrected chi connectivity index (χ0v) is 19.0. The molecule has 168 valence electrons. The summed E-state index contributed by atoms with van der Waals surface area (Å²) in [5.41, 5.74) is 2.22. The van der Waals surface area contributed by atoms with Gasteiger partial charge in [-0.25, -0.2) is 9.98 Å². The third kappa shape index (κ3) is 6.82. The van der Waals surface area contributed by atoms with Gasteiger partial charge in [-0.3, -0.25) is 9.69 Å². The van der Waals surface area contributed by atoms with E-state index in [2.05, 4.69) is 51.4 Å². The summed E-state index contributed by atoms with van der Waals surface area (Å²) < 4.78 is 5.90. The molecular weight excluding hydrogens is 392 g/mol. The number of oxazole rings is 1. The highest BCUT2D eigenvalue weighted by atomic mass is 16.4. The average Bonchev–Trinajstić information content (AvgIpc) is 3.21. The maximum Gasteiger partial charge on any atom is 0.234 e. The second-order valence-electron chi connectivity index (χ2n) is 8.14. The molecule has 31 heavy (non-hydrogen) atoms. The van der Waals surface area contributed by atoms with Gasteiger partial charge < -0.3 is 20.0 Å². The summed E-state index contributed by atoms with van der Waals surface area (Å²) in [6, 6.07) is 8.36. The number of amides is 1. The zero-order chi connectivity index (χ0) is 22.2. The number of aliphatic imine (C=N–C) groups is 1. The van der Waals surface area contributed by atoms with Crippen LogP contribution in [-0.4, -0.2) is 72.0 Å². The molecule has 8 nitrogen and oxygen atoms in total. The molecular formula is C23H34N6O2. The Morgan fingerprint density at radius 1 is 1.19 bits per heavy atom. The van der Waals surface area contributed by atoms with Crippen molar-refractivity contribution < 1.29 is 9.21 Å². The SMILES string of the molecule is CCNC(=NCc1ncc(-c2ccc(C)cc2)o1)N1CCN(CC(=O)NC(C)C)CC1. The van der Waals surface area contributed by atoms with Crippen molar-refractivity contribution in [2.24, 2.45) is 4.99 Å². The molecule has 0 saturated carbocycles. The average molecular weight is 427 g/mol. The van der Waals surface area contributed by atoms with Gasteiger partial charge in [0, 0.05) is 44.3 Å². The molecule has 0 unspecified atom stereocenters. The van der Waals surface area contributed by atoms with E-state index in [-0.39, 0.29) is 11.9 Å². The second kappa shape index (κ2) is 10.9. The Kier molecular flexibility index (Phi) is 8.06. The fraction of sp³-hybridized carbons (Fsp3) is 0.522. The fourth-order valence-electron chi connectivity index (χ4n) is 3.49. The number of hydrogen-bond acceptors (Lipinski definition) is 5. The summed E-state index contributed by atoms with van der Waals surface area (Å²) in [5, 5.41) is 6.31. The zero-order valence-electron chi connectivity index (χ0n) is 19.0. The van der Waals surface area contributed by atoms with Crippen LogP contribution in [-0.2, 0) is 11.3 Å². The molecule has 2 heterocycles. The molecule has 0 radical (unpaired) electrons. The number of rotatable bonds is 7. The molecule has 0 aliphatic carbocycles. The van der Waals surface area contributed by atoms with E-state index in [0.717, 1.165) is 50.0 Å². The topological polar surface area (TPSA) is 86.0 Å². The molecule has 1 amide bonds. The standard InChI is InChI=1S/C23H34N6O2/c1-5-24-23(29-12-10-28(11-13-29)16-21(30)27-17(2)3)26-15-22-25-14-20(31-22)19-8-6-18(4)7-9-19/h6-9,14,17H,5,10-13,15-16H2,1-4H3,(H,24,26)(H,27,30). The van der Waals surface area contributed by atoms with Gasteiger partial charge in [0.2, 0.25) is 11.8 Å². The van der Waals surface area contributed by atoms with E-state index in [4.69, 9.17) is 9.41 Å². The van der Waals surface area contributed by atoms with Crippen molar-refractivity contribution in [2.75, 3.05) is 39.3 Å². The van der Waals surface area contributed by atoms with Gasteiger partial charge >= 0.3 is 0 Å². The van der Waals surface area contributed by atoms with E-state index in [1.165, 1.54) is 5.56 Å². The van der Waals surface area contributed by atoms with Crippen LogP contribution in [0.3, 0.4) is 0 Å². The molecule has 1 aromatic heterocycles. The lowest BCUT2D eigenvalue weighted by Crippen LogP contribution is -2.54. The van der Waals surface area contributed by atoms with Crippen molar-refractivity contribution in [1.82, 2.24) is 25.4 Å². The number of guanidine groups is 1. The summed E-state index contributed by atoms with van der Waals surface area (Å²) in [6.45, 7) is 13.0. The van der Waals surface area contributed by atoms with Gasteiger partial charge in [0.1, 0.15) is 6.54 Å². The quantitative estimate of drug-likeness (QED) is 0.522. The molecule has 0 spiro atoms. The largest absolute Gasteiger partial charge is 0.439 e.